The molecule has 2 aromatic rings. The van der Waals surface area contributed by atoms with Gasteiger partial charge in [-0.1, -0.05) is 31.5 Å². The van der Waals surface area contributed by atoms with Gasteiger partial charge in [0.2, 0.25) is 0 Å². The summed E-state index contributed by atoms with van der Waals surface area (Å²) in [7, 11) is 0. The minimum atomic E-state index is -1.15. The molecule has 0 saturated heterocycles. The lowest BCUT2D eigenvalue weighted by Crippen LogP contribution is -2.32. The third kappa shape index (κ3) is 7.16. The summed E-state index contributed by atoms with van der Waals surface area (Å²) in [6.45, 7) is 6.50. The van der Waals surface area contributed by atoms with Gasteiger partial charge in [0.05, 0.1) is 13.2 Å². The molecular weight excluding hydrogens is 440 g/mol. The Hall–Kier alpha value is -3.26. The number of ether oxygens (including phenoxy) is 1. The Morgan fingerprint density at radius 2 is 1.91 bits per heavy atom. The second-order valence-corrected chi connectivity index (χ2v) is 7.66. The van der Waals surface area contributed by atoms with E-state index >= 15 is 0 Å². The van der Waals surface area contributed by atoms with Crippen LogP contribution in [-0.2, 0) is 6.54 Å². The Morgan fingerprint density at radius 1 is 1.22 bits per heavy atom. The van der Waals surface area contributed by atoms with Crippen molar-refractivity contribution in [2.75, 3.05) is 6.61 Å². The van der Waals surface area contributed by atoms with E-state index in [1.165, 1.54) is 6.08 Å². The van der Waals surface area contributed by atoms with E-state index in [9.17, 15) is 18.4 Å². The van der Waals surface area contributed by atoms with Crippen LogP contribution in [0, 0.1) is 17.6 Å². The lowest BCUT2D eigenvalue weighted by Gasteiger charge is -2.14. The number of allylic oxidation sites excluding steroid dienone is 1. The van der Waals surface area contributed by atoms with Crippen LogP contribution in [0.1, 0.15) is 47.1 Å². The third-order valence-electron chi connectivity index (χ3n) is 4.06. The Morgan fingerprint density at radius 3 is 2.50 bits per heavy atom. The first-order chi connectivity index (χ1) is 15.2. The SMILES string of the molecule is C/C=C/C(=N\NCc1cc(Cl)ccc1OCC(C)C)NC(=O)c1c(F)cc(C=O)cc1F. The average Bonchev–Trinajstić information content (AvgIpc) is 2.72. The van der Waals surface area contributed by atoms with Gasteiger partial charge < -0.3 is 15.5 Å². The van der Waals surface area contributed by atoms with Crippen molar-refractivity contribution in [1.29, 1.82) is 0 Å². The van der Waals surface area contributed by atoms with Gasteiger partial charge in [-0.15, -0.1) is 0 Å². The van der Waals surface area contributed by atoms with E-state index in [4.69, 9.17) is 16.3 Å². The molecule has 0 aliphatic heterocycles. The molecule has 0 aliphatic rings. The maximum Gasteiger partial charge on any atom is 0.262 e. The summed E-state index contributed by atoms with van der Waals surface area (Å²) in [5.41, 5.74) is 2.52. The molecule has 0 bridgehead atoms. The summed E-state index contributed by atoms with van der Waals surface area (Å²) in [6, 6.07) is 6.77. The van der Waals surface area contributed by atoms with Crippen LogP contribution >= 0.6 is 11.6 Å². The molecule has 2 N–H and O–H groups in total. The maximum absolute atomic E-state index is 14.1. The Labute approximate surface area is 190 Å². The van der Waals surface area contributed by atoms with E-state index in [-0.39, 0.29) is 17.9 Å². The van der Waals surface area contributed by atoms with E-state index < -0.39 is 23.1 Å². The van der Waals surface area contributed by atoms with Crippen molar-refractivity contribution >= 4 is 29.6 Å². The van der Waals surface area contributed by atoms with Crippen LogP contribution in [0.2, 0.25) is 5.02 Å². The molecule has 0 aromatic heterocycles. The van der Waals surface area contributed by atoms with Gasteiger partial charge in [0.15, 0.2) is 5.84 Å². The zero-order chi connectivity index (χ0) is 23.7. The van der Waals surface area contributed by atoms with Crippen LogP contribution in [0.3, 0.4) is 0 Å². The highest BCUT2D eigenvalue weighted by Crippen LogP contribution is 2.23. The molecule has 1 amide bonds. The number of nitrogens with one attached hydrogen (secondary N) is 2. The number of hydrazone groups is 1. The number of amidine groups is 1. The number of halogens is 3. The van der Waals surface area contributed by atoms with Crippen molar-refractivity contribution in [3.8, 4) is 5.75 Å². The van der Waals surface area contributed by atoms with E-state index in [1.54, 1.807) is 31.2 Å². The highest BCUT2D eigenvalue weighted by atomic mass is 35.5. The second-order valence-electron chi connectivity index (χ2n) is 7.22. The minimum Gasteiger partial charge on any atom is -0.493 e. The van der Waals surface area contributed by atoms with Gasteiger partial charge in [-0.3, -0.25) is 9.59 Å². The van der Waals surface area contributed by atoms with Gasteiger partial charge in [-0.25, -0.2) is 8.78 Å². The van der Waals surface area contributed by atoms with Gasteiger partial charge in [-0.05, 0) is 49.2 Å². The number of amides is 1. The summed E-state index contributed by atoms with van der Waals surface area (Å²) in [6.07, 6.45) is 3.34. The van der Waals surface area contributed by atoms with E-state index in [0.717, 1.165) is 17.7 Å². The first-order valence-electron chi connectivity index (χ1n) is 9.85. The quantitative estimate of drug-likeness (QED) is 0.240. The van der Waals surface area contributed by atoms with Gasteiger partial charge >= 0.3 is 0 Å². The zero-order valence-electron chi connectivity index (χ0n) is 17.9. The van der Waals surface area contributed by atoms with E-state index in [2.05, 4.69) is 15.8 Å². The Bertz CT molecular complexity index is 1020. The van der Waals surface area contributed by atoms with Crippen LogP contribution in [0.5, 0.6) is 5.75 Å². The topological polar surface area (TPSA) is 79.8 Å². The molecular formula is C23H24ClF2N3O3. The molecule has 9 heteroatoms. The number of carbonyl (C=O) groups excluding carboxylic acids is 2. The fraction of sp³-hybridized carbons (Fsp3) is 0.261. The molecule has 0 aliphatic carbocycles. The van der Waals surface area contributed by atoms with Crippen LogP contribution in [-0.4, -0.2) is 24.6 Å². The molecule has 0 radical (unpaired) electrons. The first kappa shape index (κ1) is 25.0. The van der Waals surface area contributed by atoms with Crippen LogP contribution in [0.4, 0.5) is 8.78 Å². The number of nitrogens with zero attached hydrogens (tertiary/aromatic N) is 1. The largest absolute Gasteiger partial charge is 0.493 e. The molecule has 0 heterocycles. The van der Waals surface area contributed by atoms with Gasteiger partial charge in [0, 0.05) is 16.1 Å². The molecule has 32 heavy (non-hydrogen) atoms. The standard InChI is InChI=1S/C23H24ClF2N3O3/c1-4-5-21(28-23(31)22-18(25)8-15(12-30)9-19(22)26)29-27-11-16-10-17(24)6-7-20(16)32-13-14(2)3/h4-10,12,14,27H,11,13H2,1-3H3,(H,28,29,31)/b5-4+. The van der Waals surface area contributed by atoms with Crippen LogP contribution in [0.15, 0.2) is 47.6 Å². The predicted molar refractivity (Wildman–Crippen MR) is 120 cm³/mol. The lowest BCUT2D eigenvalue weighted by molar-refractivity contribution is 0.0967. The molecule has 0 fully saturated rings. The van der Waals surface area contributed by atoms with Crippen LogP contribution in [0.25, 0.3) is 0 Å². The van der Waals surface area contributed by atoms with Gasteiger partial charge in [-0.2, -0.15) is 5.10 Å². The molecule has 0 unspecified atom stereocenters. The van der Waals surface area contributed by atoms with E-state index in [0.29, 0.717) is 29.6 Å². The number of hydrogen-bond donors (Lipinski definition) is 2. The van der Waals surface area contributed by atoms with Crippen molar-refractivity contribution in [1.82, 2.24) is 10.7 Å². The van der Waals surface area contributed by atoms with Crippen molar-refractivity contribution in [2.24, 2.45) is 11.0 Å². The molecule has 170 valence electrons. The number of aldehydes is 1. The van der Waals surface area contributed by atoms with Gasteiger partial charge in [0.1, 0.15) is 29.2 Å². The Balaban J connectivity index is 2.16. The fourth-order valence-electron chi connectivity index (χ4n) is 2.61. The summed E-state index contributed by atoms with van der Waals surface area (Å²) in [5, 5.41) is 6.95. The summed E-state index contributed by atoms with van der Waals surface area (Å²) in [5.74, 6) is -2.34. The van der Waals surface area contributed by atoms with Crippen molar-refractivity contribution < 1.29 is 23.1 Å². The number of rotatable bonds is 9. The molecule has 0 saturated carbocycles. The second kappa shape index (κ2) is 12.0. The average molecular weight is 464 g/mol. The summed E-state index contributed by atoms with van der Waals surface area (Å²) >= 11 is 6.08. The van der Waals surface area contributed by atoms with E-state index in [1.807, 2.05) is 13.8 Å². The monoisotopic (exact) mass is 463 g/mol. The highest BCUT2D eigenvalue weighted by Gasteiger charge is 2.19. The lowest BCUT2D eigenvalue weighted by atomic mass is 10.1. The summed E-state index contributed by atoms with van der Waals surface area (Å²) in [4.78, 5) is 23.1. The molecule has 2 aromatic carbocycles. The van der Waals surface area contributed by atoms with Gasteiger partial charge in [0.25, 0.3) is 5.91 Å². The summed E-state index contributed by atoms with van der Waals surface area (Å²) < 4.78 is 34.0. The molecule has 0 spiro atoms. The highest BCUT2D eigenvalue weighted by molar-refractivity contribution is 6.30. The molecule has 2 rings (SSSR count). The normalized spacial score (nSPS) is 11.7. The molecule has 0 atom stereocenters. The van der Waals surface area contributed by atoms with Crippen molar-refractivity contribution in [3.63, 3.8) is 0 Å². The third-order valence-corrected chi connectivity index (χ3v) is 4.29. The predicted octanol–water partition coefficient (Wildman–Crippen LogP) is 4.87. The Kier molecular flexibility index (Phi) is 9.34. The number of benzene rings is 2. The fourth-order valence-corrected chi connectivity index (χ4v) is 2.81. The number of hydrogen-bond acceptors (Lipinski definition) is 5. The van der Waals surface area contributed by atoms with Crippen molar-refractivity contribution in [2.45, 2.75) is 27.3 Å². The maximum atomic E-state index is 14.1. The minimum absolute atomic E-state index is 0.0300. The number of carbonyl (C=O) groups is 2. The van der Waals surface area contributed by atoms with Crippen LogP contribution < -0.4 is 15.5 Å². The molecule has 6 nitrogen and oxygen atoms in total. The smallest absolute Gasteiger partial charge is 0.262 e. The zero-order valence-corrected chi connectivity index (χ0v) is 18.7. The first-order valence-corrected chi connectivity index (χ1v) is 10.2. The van der Waals surface area contributed by atoms with Crippen molar-refractivity contribution in [3.05, 3.63) is 75.8 Å².